The Labute approximate surface area is 99.8 Å². The van der Waals surface area contributed by atoms with Gasteiger partial charge in [-0.1, -0.05) is 0 Å². The monoisotopic (exact) mass is 267 g/mol. The smallest absolute Gasteiger partial charge is 0.225 e. The molecule has 1 aromatic heterocycles. The Balaban J connectivity index is 2.01. The second-order valence-electron chi connectivity index (χ2n) is 3.10. The van der Waals surface area contributed by atoms with Crippen molar-refractivity contribution >= 4 is 21.6 Å². The fourth-order valence-corrected chi connectivity index (χ4v) is 1.77. The second kappa shape index (κ2) is 6.90. The van der Waals surface area contributed by atoms with Crippen molar-refractivity contribution in [2.75, 3.05) is 18.4 Å². The van der Waals surface area contributed by atoms with E-state index in [1.54, 1.807) is 12.3 Å². The number of furan rings is 1. The Bertz CT molecular complexity index is 376. The van der Waals surface area contributed by atoms with Gasteiger partial charge >= 0.3 is 0 Å². The van der Waals surface area contributed by atoms with Crippen LogP contribution < -0.4 is 4.72 Å². The van der Waals surface area contributed by atoms with Crippen LogP contribution in [0.4, 0.5) is 0 Å². The van der Waals surface area contributed by atoms with E-state index in [-0.39, 0.29) is 0 Å². The number of hydrogen-bond acceptors (Lipinski definition) is 4. The van der Waals surface area contributed by atoms with Crippen molar-refractivity contribution < 1.29 is 17.6 Å². The van der Waals surface area contributed by atoms with Crippen LogP contribution in [-0.4, -0.2) is 26.8 Å². The van der Waals surface area contributed by atoms with Gasteiger partial charge in [-0.3, -0.25) is 0 Å². The first kappa shape index (κ1) is 13.5. The van der Waals surface area contributed by atoms with E-state index >= 15 is 0 Å². The molecule has 1 aromatic rings. The number of nitrogens with one attached hydrogen (secondary N) is 1. The number of hydrogen-bond donors (Lipinski definition) is 1. The van der Waals surface area contributed by atoms with Crippen LogP contribution in [0.1, 0.15) is 12.2 Å². The minimum Gasteiger partial charge on any atom is -0.467 e. The maximum absolute atomic E-state index is 10.9. The van der Waals surface area contributed by atoms with Gasteiger partial charge in [-0.15, -0.1) is 11.6 Å². The molecule has 1 rings (SSSR count). The van der Waals surface area contributed by atoms with Crippen LogP contribution in [0.25, 0.3) is 0 Å². The topological polar surface area (TPSA) is 68.5 Å². The SMILES string of the molecule is O=S(=O)(CCl)NCCCOCc1ccco1. The van der Waals surface area contributed by atoms with Crippen LogP contribution >= 0.6 is 11.6 Å². The van der Waals surface area contributed by atoms with Gasteiger partial charge in [0.25, 0.3) is 0 Å². The molecule has 0 aliphatic rings. The standard InChI is InChI=1S/C9H14ClNO4S/c10-8-16(12,13)11-4-2-5-14-7-9-3-1-6-15-9/h1,3,6,11H,2,4-5,7-8H2. The van der Waals surface area contributed by atoms with Gasteiger partial charge in [-0.05, 0) is 18.6 Å². The van der Waals surface area contributed by atoms with Gasteiger partial charge in [0, 0.05) is 13.2 Å². The summed E-state index contributed by atoms with van der Waals surface area (Å²) in [7, 11) is -3.31. The molecule has 0 spiro atoms. The van der Waals surface area contributed by atoms with Crippen LogP contribution in [0.15, 0.2) is 22.8 Å². The molecule has 0 bridgehead atoms. The van der Waals surface area contributed by atoms with Crippen molar-refractivity contribution in [3.63, 3.8) is 0 Å². The lowest BCUT2D eigenvalue weighted by molar-refractivity contribution is 0.105. The van der Waals surface area contributed by atoms with Crippen molar-refractivity contribution in [1.82, 2.24) is 4.72 Å². The first-order chi connectivity index (χ1) is 7.64. The first-order valence-electron chi connectivity index (χ1n) is 4.77. The lowest BCUT2D eigenvalue weighted by Crippen LogP contribution is -2.26. The lowest BCUT2D eigenvalue weighted by atomic mass is 10.4. The number of halogens is 1. The summed E-state index contributed by atoms with van der Waals surface area (Å²) in [5, 5.41) is -0.416. The summed E-state index contributed by atoms with van der Waals surface area (Å²) in [5.74, 6) is 0.751. The highest BCUT2D eigenvalue weighted by atomic mass is 35.5. The molecule has 0 aliphatic heterocycles. The molecule has 0 aliphatic carbocycles. The molecule has 1 heterocycles. The molecular formula is C9H14ClNO4S. The van der Waals surface area contributed by atoms with Crippen molar-refractivity contribution in [2.24, 2.45) is 0 Å². The molecule has 16 heavy (non-hydrogen) atoms. The Hall–Kier alpha value is -0.560. The van der Waals surface area contributed by atoms with E-state index in [2.05, 4.69) is 4.72 Å². The number of alkyl halides is 1. The third-order valence-electron chi connectivity index (χ3n) is 1.76. The third kappa shape index (κ3) is 5.50. The Morgan fingerprint density at radius 3 is 2.94 bits per heavy atom. The first-order valence-corrected chi connectivity index (χ1v) is 6.96. The minimum atomic E-state index is -3.31. The van der Waals surface area contributed by atoms with Crippen molar-refractivity contribution in [1.29, 1.82) is 0 Å². The van der Waals surface area contributed by atoms with Gasteiger partial charge in [0.15, 0.2) is 0 Å². The Morgan fingerprint density at radius 1 is 1.50 bits per heavy atom. The molecular weight excluding hydrogens is 254 g/mol. The van der Waals surface area contributed by atoms with E-state index in [1.807, 2.05) is 6.07 Å². The van der Waals surface area contributed by atoms with Crippen molar-refractivity contribution in [2.45, 2.75) is 13.0 Å². The number of ether oxygens (including phenoxy) is 1. The maximum atomic E-state index is 10.9. The predicted molar refractivity (Wildman–Crippen MR) is 60.6 cm³/mol. The zero-order valence-electron chi connectivity index (χ0n) is 8.69. The van der Waals surface area contributed by atoms with Gasteiger partial charge in [0.05, 0.1) is 6.26 Å². The molecule has 0 saturated heterocycles. The summed E-state index contributed by atoms with van der Waals surface area (Å²) < 4.78 is 34.5. The minimum absolute atomic E-state index is 0.327. The van der Waals surface area contributed by atoms with E-state index in [9.17, 15) is 8.42 Å². The van der Waals surface area contributed by atoms with E-state index in [0.717, 1.165) is 5.76 Å². The molecule has 0 unspecified atom stereocenters. The average molecular weight is 268 g/mol. The van der Waals surface area contributed by atoms with E-state index < -0.39 is 15.2 Å². The third-order valence-corrected chi connectivity index (χ3v) is 3.55. The molecule has 0 saturated carbocycles. The summed E-state index contributed by atoms with van der Waals surface area (Å²) in [4.78, 5) is 0. The summed E-state index contributed by atoms with van der Waals surface area (Å²) in [6.07, 6.45) is 2.17. The van der Waals surface area contributed by atoms with Gasteiger partial charge in [0.1, 0.15) is 17.6 Å². The highest BCUT2D eigenvalue weighted by Gasteiger charge is 2.05. The van der Waals surface area contributed by atoms with Gasteiger partial charge in [-0.25, -0.2) is 13.1 Å². The summed E-state index contributed by atoms with van der Waals surface area (Å²) in [6, 6.07) is 3.60. The fraction of sp³-hybridized carbons (Fsp3) is 0.556. The van der Waals surface area contributed by atoms with E-state index in [0.29, 0.717) is 26.2 Å². The molecule has 0 fully saturated rings. The molecule has 5 nitrogen and oxygen atoms in total. The highest BCUT2D eigenvalue weighted by molar-refractivity contribution is 7.90. The molecule has 7 heteroatoms. The highest BCUT2D eigenvalue weighted by Crippen LogP contribution is 2.01. The Morgan fingerprint density at radius 2 is 2.31 bits per heavy atom. The maximum Gasteiger partial charge on any atom is 0.225 e. The molecule has 0 radical (unpaired) electrons. The number of sulfonamides is 1. The largest absolute Gasteiger partial charge is 0.467 e. The molecule has 92 valence electrons. The number of rotatable bonds is 8. The summed E-state index contributed by atoms with van der Waals surface area (Å²) in [5.41, 5.74) is 0. The summed E-state index contributed by atoms with van der Waals surface area (Å²) in [6.45, 7) is 1.19. The predicted octanol–water partition coefficient (Wildman–Crippen LogP) is 1.30. The quantitative estimate of drug-likeness (QED) is 0.569. The second-order valence-corrected chi connectivity index (χ2v) is 5.49. The zero-order chi connectivity index (χ0) is 11.9. The van der Waals surface area contributed by atoms with Crippen LogP contribution in [0.5, 0.6) is 0 Å². The molecule has 0 aromatic carbocycles. The van der Waals surface area contributed by atoms with Gasteiger partial charge in [-0.2, -0.15) is 0 Å². The van der Waals surface area contributed by atoms with Crippen LogP contribution in [0, 0.1) is 0 Å². The van der Waals surface area contributed by atoms with Crippen molar-refractivity contribution in [3.05, 3.63) is 24.2 Å². The Kier molecular flexibility index (Phi) is 5.83. The molecule has 1 N–H and O–H groups in total. The average Bonchev–Trinajstić information content (AvgIpc) is 2.76. The molecule has 0 amide bonds. The van der Waals surface area contributed by atoms with Crippen molar-refractivity contribution in [3.8, 4) is 0 Å². The van der Waals surface area contributed by atoms with E-state index in [4.69, 9.17) is 20.8 Å². The molecule has 0 atom stereocenters. The lowest BCUT2D eigenvalue weighted by Gasteiger charge is -2.04. The van der Waals surface area contributed by atoms with Gasteiger partial charge in [0.2, 0.25) is 10.0 Å². The zero-order valence-corrected chi connectivity index (χ0v) is 10.3. The van der Waals surface area contributed by atoms with E-state index in [1.165, 1.54) is 0 Å². The fourth-order valence-electron chi connectivity index (χ4n) is 1.01. The van der Waals surface area contributed by atoms with Gasteiger partial charge < -0.3 is 9.15 Å². The normalized spacial score (nSPS) is 11.8. The summed E-state index contributed by atoms with van der Waals surface area (Å²) >= 11 is 5.21. The van der Waals surface area contributed by atoms with Crippen LogP contribution in [0.3, 0.4) is 0 Å². The van der Waals surface area contributed by atoms with Crippen LogP contribution in [0.2, 0.25) is 0 Å². The van der Waals surface area contributed by atoms with Crippen LogP contribution in [-0.2, 0) is 21.4 Å².